The van der Waals surface area contributed by atoms with Gasteiger partial charge < -0.3 is 14.4 Å². The highest BCUT2D eigenvalue weighted by Crippen LogP contribution is 2.38. The number of phenols is 1. The summed E-state index contributed by atoms with van der Waals surface area (Å²) < 4.78 is 7.37. The number of carbonyl (C=O) groups is 1. The number of benzene rings is 3. The lowest BCUT2D eigenvalue weighted by atomic mass is 10.0. The molecule has 0 fully saturated rings. The number of carbonyl (C=O) groups excluding carboxylic acids is 1. The van der Waals surface area contributed by atoms with Gasteiger partial charge in [-0.1, -0.05) is 54.1 Å². The van der Waals surface area contributed by atoms with E-state index in [0.717, 1.165) is 27.5 Å². The molecule has 5 heteroatoms. The predicted octanol–water partition coefficient (Wildman–Crippen LogP) is 5.69. The first-order chi connectivity index (χ1) is 13.5. The lowest BCUT2D eigenvalue weighted by Crippen LogP contribution is -2.08. The van der Waals surface area contributed by atoms with Gasteiger partial charge >= 0.3 is 5.97 Å². The number of ether oxygens (including phenoxy) is 1. The monoisotopic (exact) mass is 393 g/mol. The van der Waals surface area contributed by atoms with Crippen molar-refractivity contribution >= 4 is 39.2 Å². The minimum atomic E-state index is -0.391. The molecule has 1 aromatic heterocycles. The maximum atomic E-state index is 12.7. The van der Waals surface area contributed by atoms with Crippen molar-refractivity contribution in [3.05, 3.63) is 76.4 Å². The molecule has 0 aliphatic heterocycles. The van der Waals surface area contributed by atoms with Crippen LogP contribution in [0.2, 0.25) is 5.02 Å². The van der Waals surface area contributed by atoms with Crippen molar-refractivity contribution in [2.45, 2.75) is 20.4 Å². The van der Waals surface area contributed by atoms with E-state index in [1.807, 2.05) is 55.5 Å². The van der Waals surface area contributed by atoms with Crippen LogP contribution >= 0.6 is 11.6 Å². The van der Waals surface area contributed by atoms with Crippen molar-refractivity contribution < 1.29 is 14.6 Å². The zero-order valence-electron chi connectivity index (χ0n) is 15.7. The average Bonchev–Trinajstić information content (AvgIpc) is 2.95. The predicted molar refractivity (Wildman–Crippen MR) is 112 cm³/mol. The first kappa shape index (κ1) is 18.4. The van der Waals surface area contributed by atoms with Crippen LogP contribution in [0.15, 0.2) is 54.6 Å². The van der Waals surface area contributed by atoms with E-state index < -0.39 is 5.97 Å². The Morgan fingerprint density at radius 1 is 1.07 bits per heavy atom. The van der Waals surface area contributed by atoms with E-state index in [9.17, 15) is 9.90 Å². The van der Waals surface area contributed by atoms with E-state index in [1.54, 1.807) is 13.0 Å². The second kappa shape index (κ2) is 7.21. The SMILES string of the molecule is CCOC(=O)c1c(C)n(Cc2ccccc2Cl)c2c1cc(O)c1ccccc12. The minimum Gasteiger partial charge on any atom is -0.507 e. The zero-order valence-corrected chi connectivity index (χ0v) is 16.5. The van der Waals surface area contributed by atoms with Crippen LogP contribution in [0.5, 0.6) is 5.75 Å². The van der Waals surface area contributed by atoms with Gasteiger partial charge in [0.1, 0.15) is 5.75 Å². The highest BCUT2D eigenvalue weighted by atomic mass is 35.5. The van der Waals surface area contributed by atoms with Gasteiger partial charge in [-0.25, -0.2) is 4.79 Å². The summed E-state index contributed by atoms with van der Waals surface area (Å²) in [6, 6.07) is 16.9. The molecule has 4 nitrogen and oxygen atoms in total. The maximum Gasteiger partial charge on any atom is 0.340 e. The number of hydrogen-bond donors (Lipinski definition) is 1. The number of hydrogen-bond acceptors (Lipinski definition) is 3. The fourth-order valence-electron chi connectivity index (χ4n) is 3.78. The molecule has 28 heavy (non-hydrogen) atoms. The van der Waals surface area contributed by atoms with Gasteiger partial charge in [-0.15, -0.1) is 0 Å². The quantitative estimate of drug-likeness (QED) is 0.453. The molecule has 0 spiro atoms. The number of halogens is 1. The molecule has 0 saturated heterocycles. The summed E-state index contributed by atoms with van der Waals surface area (Å²) in [6.07, 6.45) is 0. The second-order valence-corrected chi connectivity index (χ2v) is 7.10. The molecule has 0 amide bonds. The van der Waals surface area contributed by atoms with E-state index >= 15 is 0 Å². The van der Waals surface area contributed by atoms with E-state index in [1.165, 1.54) is 0 Å². The van der Waals surface area contributed by atoms with Crippen molar-refractivity contribution in [1.29, 1.82) is 0 Å². The largest absolute Gasteiger partial charge is 0.507 e. The normalized spacial score (nSPS) is 11.2. The Morgan fingerprint density at radius 2 is 1.75 bits per heavy atom. The summed E-state index contributed by atoms with van der Waals surface area (Å²) in [4.78, 5) is 12.7. The van der Waals surface area contributed by atoms with Crippen LogP contribution < -0.4 is 0 Å². The van der Waals surface area contributed by atoms with Crippen LogP contribution in [-0.2, 0) is 11.3 Å². The third-order valence-electron chi connectivity index (χ3n) is 5.07. The third kappa shape index (κ3) is 2.90. The number of fused-ring (bicyclic) bond motifs is 3. The summed E-state index contributed by atoms with van der Waals surface area (Å²) in [6.45, 7) is 4.48. The van der Waals surface area contributed by atoms with Crippen LogP contribution in [0.3, 0.4) is 0 Å². The summed E-state index contributed by atoms with van der Waals surface area (Å²) in [7, 11) is 0. The molecule has 142 valence electrons. The van der Waals surface area contributed by atoms with Crippen LogP contribution in [-0.4, -0.2) is 22.2 Å². The van der Waals surface area contributed by atoms with Gasteiger partial charge in [0.15, 0.2) is 0 Å². The minimum absolute atomic E-state index is 0.142. The molecule has 0 aliphatic carbocycles. The Hall–Kier alpha value is -2.98. The highest BCUT2D eigenvalue weighted by Gasteiger charge is 2.24. The fourth-order valence-corrected chi connectivity index (χ4v) is 3.97. The molecule has 0 atom stereocenters. The van der Waals surface area contributed by atoms with Crippen molar-refractivity contribution in [2.24, 2.45) is 0 Å². The molecule has 0 aliphatic rings. The molecule has 0 unspecified atom stereocenters. The molecule has 0 bridgehead atoms. The number of phenolic OH excluding ortho intramolecular Hbond substituents is 1. The Bertz CT molecular complexity index is 1210. The maximum absolute atomic E-state index is 12.7. The van der Waals surface area contributed by atoms with Crippen LogP contribution in [0.25, 0.3) is 21.7 Å². The average molecular weight is 394 g/mol. The molecule has 1 N–H and O–H groups in total. The number of aromatic nitrogens is 1. The standard InChI is InChI=1S/C23H20ClNO3/c1-3-28-23(27)21-14(2)25(13-15-8-4-7-11-19(15)24)22-17-10-6-5-9-16(17)20(26)12-18(21)22/h4-12,26H,3,13H2,1-2H3. The van der Waals surface area contributed by atoms with Gasteiger partial charge in [0, 0.05) is 33.4 Å². The van der Waals surface area contributed by atoms with E-state index in [-0.39, 0.29) is 12.4 Å². The van der Waals surface area contributed by atoms with Gasteiger partial charge in [-0.3, -0.25) is 0 Å². The van der Waals surface area contributed by atoms with E-state index in [4.69, 9.17) is 16.3 Å². The smallest absolute Gasteiger partial charge is 0.340 e. The van der Waals surface area contributed by atoms with Gasteiger partial charge in [0.25, 0.3) is 0 Å². The van der Waals surface area contributed by atoms with Crippen molar-refractivity contribution in [3.8, 4) is 5.75 Å². The topological polar surface area (TPSA) is 51.5 Å². The first-order valence-corrected chi connectivity index (χ1v) is 9.54. The molecular weight excluding hydrogens is 374 g/mol. The molecule has 1 heterocycles. The molecular formula is C23H20ClNO3. The number of rotatable bonds is 4. The third-order valence-corrected chi connectivity index (χ3v) is 5.43. The van der Waals surface area contributed by atoms with E-state index in [2.05, 4.69) is 4.57 Å². The highest BCUT2D eigenvalue weighted by molar-refractivity contribution is 6.31. The Morgan fingerprint density at radius 3 is 2.46 bits per heavy atom. The molecule has 4 aromatic rings. The first-order valence-electron chi connectivity index (χ1n) is 9.17. The number of aromatic hydroxyl groups is 1. The summed E-state index contributed by atoms with van der Waals surface area (Å²) in [5.74, 6) is -0.249. The Labute approximate surface area is 167 Å². The van der Waals surface area contributed by atoms with Crippen LogP contribution in [0, 0.1) is 6.92 Å². The molecule has 0 saturated carbocycles. The second-order valence-electron chi connectivity index (χ2n) is 6.70. The Kier molecular flexibility index (Phi) is 4.73. The zero-order chi connectivity index (χ0) is 19.8. The molecule has 0 radical (unpaired) electrons. The van der Waals surface area contributed by atoms with Crippen molar-refractivity contribution in [1.82, 2.24) is 4.57 Å². The summed E-state index contributed by atoms with van der Waals surface area (Å²) in [5.41, 5.74) is 3.10. The molecule has 4 rings (SSSR count). The van der Waals surface area contributed by atoms with Crippen LogP contribution in [0.4, 0.5) is 0 Å². The molecule has 3 aromatic carbocycles. The van der Waals surface area contributed by atoms with Gasteiger partial charge in [-0.05, 0) is 31.5 Å². The van der Waals surface area contributed by atoms with Gasteiger partial charge in [-0.2, -0.15) is 0 Å². The van der Waals surface area contributed by atoms with Gasteiger partial charge in [0.2, 0.25) is 0 Å². The summed E-state index contributed by atoms with van der Waals surface area (Å²) >= 11 is 6.40. The Balaban J connectivity index is 2.08. The number of esters is 1. The van der Waals surface area contributed by atoms with Crippen molar-refractivity contribution in [2.75, 3.05) is 6.61 Å². The van der Waals surface area contributed by atoms with Gasteiger partial charge in [0.05, 0.1) is 17.7 Å². The van der Waals surface area contributed by atoms with E-state index in [0.29, 0.717) is 22.5 Å². The van der Waals surface area contributed by atoms with Crippen molar-refractivity contribution in [3.63, 3.8) is 0 Å². The fraction of sp³-hybridized carbons (Fsp3) is 0.174. The lowest BCUT2D eigenvalue weighted by molar-refractivity contribution is 0.0527. The number of nitrogens with zero attached hydrogens (tertiary/aromatic N) is 1. The van der Waals surface area contributed by atoms with Crippen LogP contribution in [0.1, 0.15) is 28.5 Å². The lowest BCUT2D eigenvalue weighted by Gasteiger charge is -2.12. The summed E-state index contributed by atoms with van der Waals surface area (Å²) in [5, 5.41) is 13.5.